The fraction of sp³-hybridized carbons (Fsp3) is 0.200. The van der Waals surface area contributed by atoms with Crippen LogP contribution < -0.4 is 34.8 Å². The highest BCUT2D eigenvalue weighted by Crippen LogP contribution is 2.33. The maximum Gasteiger partial charge on any atom is 0.247 e. The maximum absolute atomic E-state index is 9.51. The number of ether oxygens (including phenoxy) is 4. The molecule has 12 nitrogen and oxygen atoms in total. The van der Waals surface area contributed by atoms with Gasteiger partial charge >= 0.3 is 0 Å². The molecule has 0 atom stereocenters. The van der Waals surface area contributed by atoms with Crippen LogP contribution in [-0.4, -0.2) is 66.1 Å². The monoisotopic (exact) mass is 578 g/mol. The largest absolute Gasteiger partial charge is 0.466 e. The van der Waals surface area contributed by atoms with Crippen LogP contribution >= 0.6 is 0 Å². The minimum atomic E-state index is -0.546. The molecular formula is C30H34N4O8+2. The average molecular weight is 579 g/mol. The summed E-state index contributed by atoms with van der Waals surface area (Å²) in [5, 5.41) is 43.7. The van der Waals surface area contributed by atoms with Crippen LogP contribution in [0, 0.1) is 6.92 Å². The number of benzene rings is 3. The van der Waals surface area contributed by atoms with Gasteiger partial charge in [0.05, 0.1) is 23.5 Å². The molecule has 0 aromatic heterocycles. The summed E-state index contributed by atoms with van der Waals surface area (Å²) in [6, 6.07) is 16.2. The molecule has 12 heteroatoms. The van der Waals surface area contributed by atoms with Crippen LogP contribution in [0.1, 0.15) is 5.56 Å². The SMILES string of the molecule is CNc1ccc(Nc2ccc([NH+]=C3C=CC(=[NH+]c4ccc(C)cc4OCO)C=C3OCO)cc2OCO)cc1OCO. The lowest BCUT2D eigenvalue weighted by atomic mass is 10.1. The summed E-state index contributed by atoms with van der Waals surface area (Å²) in [5.41, 5.74) is 5.43. The van der Waals surface area contributed by atoms with Gasteiger partial charge in [0.25, 0.3) is 0 Å². The van der Waals surface area contributed by atoms with Crippen LogP contribution in [0.3, 0.4) is 0 Å². The number of rotatable bonds is 13. The van der Waals surface area contributed by atoms with Gasteiger partial charge in [-0.05, 0) is 36.8 Å². The van der Waals surface area contributed by atoms with Crippen molar-refractivity contribution in [1.29, 1.82) is 0 Å². The Bertz CT molecular complexity index is 1520. The van der Waals surface area contributed by atoms with Crippen molar-refractivity contribution in [2.45, 2.75) is 6.92 Å². The molecule has 1 aliphatic rings. The number of aryl methyl sites for hydroxylation is 1. The lowest BCUT2D eigenvalue weighted by Gasteiger charge is -2.15. The van der Waals surface area contributed by atoms with Crippen LogP contribution in [0.2, 0.25) is 0 Å². The molecule has 0 fully saturated rings. The van der Waals surface area contributed by atoms with Gasteiger partial charge in [-0.25, -0.2) is 9.98 Å². The van der Waals surface area contributed by atoms with Crippen molar-refractivity contribution in [1.82, 2.24) is 0 Å². The lowest BCUT2D eigenvalue weighted by Crippen LogP contribution is -2.69. The third kappa shape index (κ3) is 7.65. The van der Waals surface area contributed by atoms with Gasteiger partial charge in [-0.2, -0.15) is 0 Å². The van der Waals surface area contributed by atoms with E-state index in [-0.39, 0.29) is 0 Å². The van der Waals surface area contributed by atoms with Gasteiger partial charge in [0.2, 0.25) is 22.8 Å². The molecule has 3 aromatic carbocycles. The van der Waals surface area contributed by atoms with E-state index in [9.17, 15) is 20.4 Å². The van der Waals surface area contributed by atoms with E-state index in [0.717, 1.165) is 5.56 Å². The highest BCUT2D eigenvalue weighted by molar-refractivity contribution is 6.17. The molecule has 0 heterocycles. The first-order valence-corrected chi connectivity index (χ1v) is 12.9. The van der Waals surface area contributed by atoms with Crippen LogP contribution in [-0.2, 0) is 4.74 Å². The van der Waals surface area contributed by atoms with Crippen LogP contribution in [0.5, 0.6) is 17.2 Å². The standard InChI is InChI=1S/C30H32N4O8/c1-19-3-7-24(27(11-19)39-15-35)32-21-5-9-26(29(13-21)41-17-37)34-22-6-10-25(30(14-22)42-18-38)33-20-4-8-23(31-2)28(12-20)40-16-36/h3-14,31,33,35-38H,15-18H2,1-2H3/p+2. The van der Waals surface area contributed by atoms with Gasteiger partial charge in [0.15, 0.2) is 44.4 Å². The summed E-state index contributed by atoms with van der Waals surface area (Å²) in [5.74, 6) is 1.68. The summed E-state index contributed by atoms with van der Waals surface area (Å²) < 4.78 is 21.6. The number of aliphatic hydroxyl groups excluding tert-OH is 4. The Morgan fingerprint density at radius 3 is 2.10 bits per heavy atom. The molecule has 0 aliphatic heterocycles. The zero-order valence-corrected chi connectivity index (χ0v) is 23.2. The zero-order chi connectivity index (χ0) is 29.9. The minimum absolute atomic E-state index is 0.364. The fourth-order valence-corrected chi connectivity index (χ4v) is 4.17. The van der Waals surface area contributed by atoms with Gasteiger partial charge in [-0.3, -0.25) is 0 Å². The van der Waals surface area contributed by atoms with E-state index < -0.39 is 27.2 Å². The number of nitrogens with one attached hydrogen (secondary N) is 4. The third-order valence-corrected chi connectivity index (χ3v) is 6.07. The Labute approximate surface area is 242 Å². The first-order chi connectivity index (χ1) is 20.5. The molecule has 0 bridgehead atoms. The highest BCUT2D eigenvalue weighted by atomic mass is 16.6. The van der Waals surface area contributed by atoms with Crippen molar-refractivity contribution >= 4 is 39.9 Å². The Hall–Kier alpha value is -4.88. The summed E-state index contributed by atoms with van der Waals surface area (Å²) >= 11 is 0. The summed E-state index contributed by atoms with van der Waals surface area (Å²) in [4.78, 5) is 6.49. The molecule has 0 spiro atoms. The van der Waals surface area contributed by atoms with Crippen molar-refractivity contribution in [2.75, 3.05) is 44.9 Å². The molecule has 42 heavy (non-hydrogen) atoms. The van der Waals surface area contributed by atoms with Crippen LogP contribution in [0.15, 0.2) is 78.6 Å². The van der Waals surface area contributed by atoms with Crippen molar-refractivity contribution in [2.24, 2.45) is 0 Å². The number of aliphatic hydroxyl groups is 4. The predicted octanol–water partition coefficient (Wildman–Crippen LogP) is 0.193. The van der Waals surface area contributed by atoms with Crippen LogP contribution in [0.4, 0.5) is 28.4 Å². The van der Waals surface area contributed by atoms with E-state index in [0.29, 0.717) is 62.9 Å². The van der Waals surface area contributed by atoms with Gasteiger partial charge in [0.1, 0.15) is 5.75 Å². The smallest absolute Gasteiger partial charge is 0.247 e. The molecule has 0 unspecified atom stereocenters. The van der Waals surface area contributed by atoms with Crippen molar-refractivity contribution in [3.05, 3.63) is 84.1 Å². The van der Waals surface area contributed by atoms with Gasteiger partial charge in [-0.1, -0.05) is 6.07 Å². The summed E-state index contributed by atoms with van der Waals surface area (Å²) in [7, 11) is 1.75. The molecule has 4 rings (SSSR count). The lowest BCUT2D eigenvalue weighted by molar-refractivity contribution is -0.356. The highest BCUT2D eigenvalue weighted by Gasteiger charge is 2.22. The van der Waals surface area contributed by atoms with Gasteiger partial charge in [-0.15, -0.1) is 0 Å². The number of hydrogen-bond donors (Lipinski definition) is 8. The predicted molar refractivity (Wildman–Crippen MR) is 157 cm³/mol. The first-order valence-electron chi connectivity index (χ1n) is 12.9. The molecule has 0 saturated heterocycles. The number of allylic oxidation sites excluding steroid dienone is 3. The second kappa shape index (κ2) is 14.7. The van der Waals surface area contributed by atoms with Crippen LogP contribution in [0.25, 0.3) is 0 Å². The molecule has 0 amide bonds. The quantitative estimate of drug-likeness (QED) is 0.104. The topological polar surface area (TPSA) is 170 Å². The Kier molecular flexibility index (Phi) is 10.5. The Morgan fingerprint density at radius 1 is 0.690 bits per heavy atom. The Morgan fingerprint density at radius 2 is 1.38 bits per heavy atom. The van der Waals surface area contributed by atoms with E-state index in [2.05, 4.69) is 20.6 Å². The van der Waals surface area contributed by atoms with E-state index in [1.165, 1.54) is 0 Å². The van der Waals surface area contributed by atoms with Gasteiger partial charge < -0.3 is 50.0 Å². The van der Waals surface area contributed by atoms with Crippen molar-refractivity contribution in [3.8, 4) is 17.2 Å². The van der Waals surface area contributed by atoms with Gasteiger partial charge in [0, 0.05) is 43.1 Å². The fourth-order valence-electron chi connectivity index (χ4n) is 4.17. The summed E-state index contributed by atoms with van der Waals surface area (Å²) in [6.45, 7) is -0.0976. The molecule has 220 valence electrons. The normalized spacial score (nSPS) is 14.5. The van der Waals surface area contributed by atoms with Crippen molar-refractivity contribution < 1.29 is 49.4 Å². The van der Waals surface area contributed by atoms with E-state index in [1.54, 1.807) is 49.5 Å². The average Bonchev–Trinajstić information content (AvgIpc) is 2.98. The molecular weight excluding hydrogens is 544 g/mol. The zero-order valence-electron chi connectivity index (χ0n) is 23.2. The number of hydrogen-bond acceptors (Lipinski definition) is 10. The van der Waals surface area contributed by atoms with E-state index in [4.69, 9.17) is 18.9 Å². The second-order valence-corrected chi connectivity index (χ2v) is 8.85. The minimum Gasteiger partial charge on any atom is -0.466 e. The Balaban J connectivity index is 1.62. The summed E-state index contributed by atoms with van der Waals surface area (Å²) in [6.07, 6.45) is 5.30. The molecule has 8 N–H and O–H groups in total. The maximum atomic E-state index is 9.51. The molecule has 0 radical (unpaired) electrons. The molecule has 1 aliphatic carbocycles. The number of anilines is 3. The second-order valence-electron chi connectivity index (χ2n) is 8.85. The molecule has 0 saturated carbocycles. The van der Waals surface area contributed by atoms with Crippen molar-refractivity contribution in [3.63, 3.8) is 0 Å². The van der Waals surface area contributed by atoms with E-state index >= 15 is 0 Å². The first kappa shape index (κ1) is 30.1. The van der Waals surface area contributed by atoms with E-state index in [1.807, 2.05) is 37.3 Å². The molecule has 3 aromatic rings. The third-order valence-electron chi connectivity index (χ3n) is 6.07.